The fourth-order valence-electron chi connectivity index (χ4n) is 1.62. The van der Waals surface area contributed by atoms with E-state index in [9.17, 15) is 20.0 Å². The van der Waals surface area contributed by atoms with Gasteiger partial charge in [0.25, 0.3) is 5.91 Å². The van der Waals surface area contributed by atoms with Gasteiger partial charge in [-0.2, -0.15) is 0 Å². The van der Waals surface area contributed by atoms with E-state index in [1.54, 1.807) is 19.1 Å². The Kier molecular flexibility index (Phi) is 3.60. The number of aryl methyl sites for hydroxylation is 1. The van der Waals surface area contributed by atoms with Gasteiger partial charge in [0.2, 0.25) is 0 Å². The van der Waals surface area contributed by atoms with Crippen molar-refractivity contribution >= 4 is 17.4 Å². The SMILES string of the molecule is Cc1cccnc1NC(=O)c1ccc([N+](=O)[O-])c(O)c1. The zero-order chi connectivity index (χ0) is 14.7. The second-order valence-corrected chi connectivity index (χ2v) is 4.08. The number of rotatable bonds is 3. The van der Waals surface area contributed by atoms with Gasteiger partial charge in [-0.1, -0.05) is 6.07 Å². The molecule has 0 atom stereocenters. The van der Waals surface area contributed by atoms with Crippen LogP contribution in [0.15, 0.2) is 36.5 Å². The Bertz CT molecular complexity index is 685. The number of aromatic hydroxyl groups is 1. The van der Waals surface area contributed by atoms with Crippen LogP contribution in [0.1, 0.15) is 15.9 Å². The van der Waals surface area contributed by atoms with Crippen LogP contribution in [-0.2, 0) is 0 Å². The summed E-state index contributed by atoms with van der Waals surface area (Å²) in [6.07, 6.45) is 1.54. The maximum atomic E-state index is 12.0. The first-order valence-corrected chi connectivity index (χ1v) is 5.69. The van der Waals surface area contributed by atoms with Crippen LogP contribution in [0.2, 0.25) is 0 Å². The van der Waals surface area contributed by atoms with Crippen molar-refractivity contribution in [1.82, 2.24) is 4.98 Å². The Labute approximate surface area is 114 Å². The number of aromatic nitrogens is 1. The number of carbonyl (C=O) groups excluding carboxylic acids is 1. The summed E-state index contributed by atoms with van der Waals surface area (Å²) in [4.78, 5) is 25.8. The van der Waals surface area contributed by atoms with E-state index in [1.165, 1.54) is 12.3 Å². The minimum atomic E-state index is -0.722. The molecule has 1 amide bonds. The highest BCUT2D eigenvalue weighted by Crippen LogP contribution is 2.26. The molecular weight excluding hydrogens is 262 g/mol. The molecule has 1 aromatic carbocycles. The van der Waals surface area contributed by atoms with Crippen molar-refractivity contribution < 1.29 is 14.8 Å². The number of phenolic OH excluding ortho intramolecular Hbond substituents is 1. The summed E-state index contributed by atoms with van der Waals surface area (Å²) in [5.41, 5.74) is 0.445. The van der Waals surface area contributed by atoms with E-state index in [2.05, 4.69) is 10.3 Å². The van der Waals surface area contributed by atoms with Crippen molar-refractivity contribution in [2.45, 2.75) is 6.92 Å². The van der Waals surface area contributed by atoms with Gasteiger partial charge in [-0.05, 0) is 30.7 Å². The molecule has 0 spiro atoms. The maximum Gasteiger partial charge on any atom is 0.310 e. The third-order valence-electron chi connectivity index (χ3n) is 2.68. The monoisotopic (exact) mass is 273 g/mol. The van der Waals surface area contributed by atoms with Gasteiger partial charge in [0, 0.05) is 17.8 Å². The first-order valence-electron chi connectivity index (χ1n) is 5.69. The zero-order valence-electron chi connectivity index (χ0n) is 10.5. The molecule has 0 aliphatic rings. The summed E-state index contributed by atoms with van der Waals surface area (Å²) in [5, 5.41) is 22.6. The fraction of sp³-hybridized carbons (Fsp3) is 0.0769. The Morgan fingerprint density at radius 2 is 2.15 bits per heavy atom. The molecule has 0 saturated heterocycles. The quantitative estimate of drug-likeness (QED) is 0.659. The van der Waals surface area contributed by atoms with Crippen molar-refractivity contribution in [1.29, 1.82) is 0 Å². The number of nitro groups is 1. The largest absolute Gasteiger partial charge is 0.502 e. The lowest BCUT2D eigenvalue weighted by atomic mass is 10.1. The molecule has 102 valence electrons. The van der Waals surface area contributed by atoms with Gasteiger partial charge < -0.3 is 10.4 Å². The number of nitrogens with one attached hydrogen (secondary N) is 1. The van der Waals surface area contributed by atoms with Gasteiger partial charge in [-0.15, -0.1) is 0 Å². The number of phenols is 1. The Hall–Kier alpha value is -2.96. The molecule has 2 rings (SSSR count). The number of nitrogens with zero attached hydrogens (tertiary/aromatic N) is 2. The van der Waals surface area contributed by atoms with Crippen LogP contribution in [0.5, 0.6) is 5.75 Å². The normalized spacial score (nSPS) is 10.1. The summed E-state index contributed by atoms with van der Waals surface area (Å²) in [6.45, 7) is 1.79. The Balaban J connectivity index is 2.24. The molecule has 0 saturated carbocycles. The number of anilines is 1. The average molecular weight is 273 g/mol. The van der Waals surface area contributed by atoms with E-state index in [1.807, 2.05) is 0 Å². The lowest BCUT2D eigenvalue weighted by molar-refractivity contribution is -0.385. The van der Waals surface area contributed by atoms with Crippen LogP contribution in [0.4, 0.5) is 11.5 Å². The number of benzene rings is 1. The lowest BCUT2D eigenvalue weighted by Crippen LogP contribution is -2.13. The number of nitro benzene ring substituents is 1. The molecule has 0 aliphatic heterocycles. The van der Waals surface area contributed by atoms with Crippen molar-refractivity contribution in [3.63, 3.8) is 0 Å². The highest BCUT2D eigenvalue weighted by molar-refractivity contribution is 6.04. The van der Waals surface area contributed by atoms with E-state index in [0.717, 1.165) is 17.7 Å². The molecule has 0 radical (unpaired) electrons. The Morgan fingerprint density at radius 3 is 2.75 bits per heavy atom. The highest BCUT2D eigenvalue weighted by atomic mass is 16.6. The van der Waals surface area contributed by atoms with Gasteiger partial charge in [0.05, 0.1) is 4.92 Å². The van der Waals surface area contributed by atoms with Crippen LogP contribution >= 0.6 is 0 Å². The molecule has 0 bridgehead atoms. The summed E-state index contributed by atoms with van der Waals surface area (Å²) in [6, 6.07) is 6.92. The second-order valence-electron chi connectivity index (χ2n) is 4.08. The first-order chi connectivity index (χ1) is 9.49. The van der Waals surface area contributed by atoms with E-state index in [4.69, 9.17) is 0 Å². The van der Waals surface area contributed by atoms with Crippen molar-refractivity contribution in [2.75, 3.05) is 5.32 Å². The molecule has 1 aromatic heterocycles. The molecule has 2 aromatic rings. The summed E-state index contributed by atoms with van der Waals surface area (Å²) in [7, 11) is 0. The lowest BCUT2D eigenvalue weighted by Gasteiger charge is -2.07. The third kappa shape index (κ3) is 2.72. The van der Waals surface area contributed by atoms with Gasteiger partial charge in [0.15, 0.2) is 5.75 Å². The van der Waals surface area contributed by atoms with E-state index in [0.29, 0.717) is 5.82 Å². The fourth-order valence-corrected chi connectivity index (χ4v) is 1.62. The predicted molar refractivity (Wildman–Crippen MR) is 71.7 cm³/mol. The van der Waals surface area contributed by atoms with E-state index < -0.39 is 22.3 Å². The van der Waals surface area contributed by atoms with Crippen LogP contribution in [-0.4, -0.2) is 20.9 Å². The van der Waals surface area contributed by atoms with E-state index in [-0.39, 0.29) is 5.56 Å². The van der Waals surface area contributed by atoms with Crippen LogP contribution in [0, 0.1) is 17.0 Å². The van der Waals surface area contributed by atoms with Crippen molar-refractivity contribution in [3.8, 4) is 5.75 Å². The summed E-state index contributed by atoms with van der Waals surface area (Å²) >= 11 is 0. The molecule has 7 heteroatoms. The van der Waals surface area contributed by atoms with Gasteiger partial charge >= 0.3 is 5.69 Å². The van der Waals surface area contributed by atoms with Gasteiger partial charge in [-0.25, -0.2) is 4.98 Å². The standard InChI is InChI=1S/C13H11N3O4/c1-8-3-2-6-14-12(8)15-13(18)9-4-5-10(16(19)20)11(17)7-9/h2-7,17H,1H3,(H,14,15,18). The van der Waals surface area contributed by atoms with E-state index >= 15 is 0 Å². The topological polar surface area (TPSA) is 105 Å². The molecular formula is C13H11N3O4. The predicted octanol–water partition coefficient (Wildman–Crippen LogP) is 2.26. The van der Waals surface area contributed by atoms with Crippen LogP contribution in [0.3, 0.4) is 0 Å². The molecule has 1 heterocycles. The molecule has 0 aliphatic carbocycles. The highest BCUT2D eigenvalue weighted by Gasteiger charge is 2.16. The second kappa shape index (κ2) is 5.35. The molecule has 7 nitrogen and oxygen atoms in total. The summed E-state index contributed by atoms with van der Waals surface area (Å²) in [5.74, 6) is -0.660. The Morgan fingerprint density at radius 1 is 1.40 bits per heavy atom. The van der Waals surface area contributed by atoms with Crippen molar-refractivity contribution in [3.05, 3.63) is 57.8 Å². The third-order valence-corrected chi connectivity index (χ3v) is 2.68. The summed E-state index contributed by atoms with van der Waals surface area (Å²) < 4.78 is 0. The number of amides is 1. The van der Waals surface area contributed by atoms with Crippen LogP contribution < -0.4 is 5.32 Å². The number of hydrogen-bond acceptors (Lipinski definition) is 5. The average Bonchev–Trinajstić information content (AvgIpc) is 2.40. The van der Waals surface area contributed by atoms with Crippen LogP contribution in [0.25, 0.3) is 0 Å². The van der Waals surface area contributed by atoms with Gasteiger partial charge in [0.1, 0.15) is 5.82 Å². The minimum absolute atomic E-state index is 0.109. The van der Waals surface area contributed by atoms with Crippen molar-refractivity contribution in [2.24, 2.45) is 0 Å². The zero-order valence-corrected chi connectivity index (χ0v) is 10.5. The number of hydrogen-bond donors (Lipinski definition) is 2. The number of carbonyl (C=O) groups is 1. The molecule has 0 unspecified atom stereocenters. The maximum absolute atomic E-state index is 12.0. The molecule has 2 N–H and O–H groups in total. The number of pyridine rings is 1. The first kappa shape index (κ1) is 13.5. The smallest absolute Gasteiger partial charge is 0.310 e. The van der Waals surface area contributed by atoms with Gasteiger partial charge in [-0.3, -0.25) is 14.9 Å². The molecule has 0 fully saturated rings. The molecule has 20 heavy (non-hydrogen) atoms. The minimum Gasteiger partial charge on any atom is -0.502 e.